The maximum absolute atomic E-state index is 11.7. The molecule has 2 aliphatic heterocycles. The summed E-state index contributed by atoms with van der Waals surface area (Å²) in [4.78, 5) is 13.1. The molecule has 2 aliphatic rings. The Morgan fingerprint density at radius 3 is 2.75 bits per heavy atom. The van der Waals surface area contributed by atoms with Crippen LogP contribution >= 0.6 is 15.9 Å². The van der Waals surface area contributed by atoms with Crippen LogP contribution in [0.2, 0.25) is 0 Å². The largest absolute Gasteiger partial charge is 0.498 e. The van der Waals surface area contributed by atoms with E-state index in [1.807, 2.05) is 39.8 Å². The summed E-state index contributed by atoms with van der Waals surface area (Å²) < 4.78 is 18.7. The average molecular weight is 398 g/mol. The van der Waals surface area contributed by atoms with Gasteiger partial charge in [0.05, 0.1) is 18.8 Å². The molecule has 0 fully saturated rings. The van der Waals surface area contributed by atoms with Gasteiger partial charge in [0.15, 0.2) is 0 Å². The number of rotatable bonds is 2. The molecule has 0 radical (unpaired) electrons. The molecule has 0 saturated carbocycles. The molecule has 2 unspecified atom stereocenters. The second kappa shape index (κ2) is 6.24. The molecule has 1 aromatic carbocycles. The third kappa shape index (κ3) is 3.14. The predicted octanol–water partition coefficient (Wildman–Crippen LogP) is 2.79. The van der Waals surface area contributed by atoms with Crippen LogP contribution in [0.25, 0.3) is 0 Å². The van der Waals surface area contributed by atoms with E-state index in [1.165, 1.54) is 4.90 Å². The highest BCUT2D eigenvalue weighted by molar-refractivity contribution is 9.10. The molecule has 1 aromatic rings. The fraction of sp³-hybridized carbons (Fsp3) is 0.562. The van der Waals surface area contributed by atoms with Crippen molar-refractivity contribution in [3.05, 3.63) is 22.2 Å². The predicted molar refractivity (Wildman–Crippen MR) is 93.9 cm³/mol. The number of hydrogen-bond donors (Lipinski definition) is 1. The van der Waals surface area contributed by atoms with E-state index in [1.54, 1.807) is 0 Å². The van der Waals surface area contributed by atoms with Gasteiger partial charge in [-0.3, -0.25) is 0 Å². The first-order valence-electron chi connectivity index (χ1n) is 7.95. The van der Waals surface area contributed by atoms with Crippen LogP contribution in [0.4, 0.5) is 4.79 Å². The first-order chi connectivity index (χ1) is 11.2. The molecule has 2 heterocycles. The molecule has 0 spiro atoms. The van der Waals surface area contributed by atoms with Crippen LogP contribution in [0.1, 0.15) is 39.4 Å². The third-order valence-electron chi connectivity index (χ3n) is 4.26. The van der Waals surface area contributed by atoms with E-state index in [4.69, 9.17) is 14.0 Å². The van der Waals surface area contributed by atoms with Crippen molar-refractivity contribution in [3.8, 4) is 5.75 Å². The van der Waals surface area contributed by atoms with E-state index in [-0.39, 0.29) is 12.6 Å². The Balaban J connectivity index is 1.98. The van der Waals surface area contributed by atoms with E-state index in [0.717, 1.165) is 21.2 Å². The van der Waals surface area contributed by atoms with Crippen LogP contribution in [0.15, 0.2) is 16.6 Å². The number of benzene rings is 1. The van der Waals surface area contributed by atoms with Crippen LogP contribution in [0, 0.1) is 0 Å². The molecule has 3 rings (SSSR count). The molecule has 0 aromatic heterocycles. The molecular weight excluding hydrogens is 377 g/mol. The Bertz CT molecular complexity index is 663. The summed E-state index contributed by atoms with van der Waals surface area (Å²) in [5, 5.41) is 9.57. The highest BCUT2D eigenvalue weighted by Gasteiger charge is 2.45. The lowest BCUT2D eigenvalue weighted by atomic mass is 9.77. The van der Waals surface area contributed by atoms with Crippen molar-refractivity contribution in [1.29, 1.82) is 0 Å². The van der Waals surface area contributed by atoms with Gasteiger partial charge in [-0.2, -0.15) is 0 Å². The first kappa shape index (κ1) is 17.6. The Morgan fingerprint density at radius 2 is 2.12 bits per heavy atom. The van der Waals surface area contributed by atoms with Crippen LogP contribution in [0.5, 0.6) is 5.75 Å². The second-order valence-corrected chi connectivity index (χ2v) is 8.01. The summed E-state index contributed by atoms with van der Waals surface area (Å²) in [6.45, 7) is 8.21. The number of nitrogens with zero attached hydrogens (tertiary/aromatic N) is 1. The van der Waals surface area contributed by atoms with E-state index < -0.39 is 24.9 Å². The van der Waals surface area contributed by atoms with Crippen LogP contribution in [0.3, 0.4) is 0 Å². The van der Waals surface area contributed by atoms with Gasteiger partial charge in [0.25, 0.3) is 0 Å². The number of ether oxygens (including phenoxy) is 1. The van der Waals surface area contributed by atoms with Crippen molar-refractivity contribution < 1.29 is 23.9 Å². The molecule has 2 atom stereocenters. The van der Waals surface area contributed by atoms with Gasteiger partial charge in [-0.05, 0) is 45.4 Å². The summed E-state index contributed by atoms with van der Waals surface area (Å²) in [6, 6.07) is 3.80. The maximum Gasteiger partial charge on any atom is 0.498 e. The van der Waals surface area contributed by atoms with Crippen molar-refractivity contribution >= 4 is 34.6 Å². The Kier molecular flexibility index (Phi) is 4.57. The Labute approximate surface area is 150 Å². The zero-order valence-electron chi connectivity index (χ0n) is 14.2. The lowest BCUT2D eigenvalue weighted by molar-refractivity contribution is 0.0501. The SMILES string of the molecule is CC1COc2ccc(Br)c3c2B(O1)OC3CN(C(=O)O)C(C)(C)C. The van der Waals surface area contributed by atoms with E-state index in [9.17, 15) is 9.90 Å². The summed E-state index contributed by atoms with van der Waals surface area (Å²) in [7, 11) is -0.536. The minimum absolute atomic E-state index is 0.106. The smallest absolute Gasteiger partial charge is 0.491 e. The van der Waals surface area contributed by atoms with Gasteiger partial charge in [0.1, 0.15) is 12.4 Å². The van der Waals surface area contributed by atoms with E-state index in [2.05, 4.69) is 15.9 Å². The van der Waals surface area contributed by atoms with Gasteiger partial charge in [-0.25, -0.2) is 4.79 Å². The van der Waals surface area contributed by atoms with E-state index >= 15 is 0 Å². The van der Waals surface area contributed by atoms with Crippen LogP contribution in [-0.4, -0.2) is 48.0 Å². The van der Waals surface area contributed by atoms with Crippen molar-refractivity contribution in [2.24, 2.45) is 0 Å². The quantitative estimate of drug-likeness (QED) is 0.777. The fourth-order valence-electron chi connectivity index (χ4n) is 3.07. The molecule has 6 nitrogen and oxygen atoms in total. The van der Waals surface area contributed by atoms with Crippen molar-refractivity contribution in [1.82, 2.24) is 4.90 Å². The Hall–Kier alpha value is -1.25. The topological polar surface area (TPSA) is 68.2 Å². The second-order valence-electron chi connectivity index (χ2n) is 7.15. The molecule has 0 aliphatic carbocycles. The highest BCUT2D eigenvalue weighted by atomic mass is 79.9. The third-order valence-corrected chi connectivity index (χ3v) is 4.95. The molecule has 1 amide bonds. The molecule has 130 valence electrons. The molecule has 1 N–H and O–H groups in total. The number of carboxylic acid groups (broad SMARTS) is 1. The summed E-state index contributed by atoms with van der Waals surface area (Å²) >= 11 is 3.56. The molecule has 0 saturated heterocycles. The van der Waals surface area contributed by atoms with Crippen LogP contribution in [-0.2, 0) is 9.31 Å². The van der Waals surface area contributed by atoms with Crippen LogP contribution < -0.4 is 10.2 Å². The number of amides is 1. The highest BCUT2D eigenvalue weighted by Crippen LogP contribution is 2.37. The van der Waals surface area contributed by atoms with Crippen molar-refractivity contribution in [2.45, 2.75) is 45.4 Å². The first-order valence-corrected chi connectivity index (χ1v) is 8.74. The maximum atomic E-state index is 11.7. The van der Waals surface area contributed by atoms with Crippen molar-refractivity contribution in [3.63, 3.8) is 0 Å². The molecule has 8 heteroatoms. The zero-order valence-corrected chi connectivity index (χ0v) is 15.8. The van der Waals surface area contributed by atoms with Gasteiger partial charge in [-0.15, -0.1) is 0 Å². The zero-order chi connectivity index (χ0) is 17.6. The van der Waals surface area contributed by atoms with Crippen molar-refractivity contribution in [2.75, 3.05) is 13.2 Å². The minimum Gasteiger partial charge on any atom is -0.491 e. The molecule has 0 bridgehead atoms. The van der Waals surface area contributed by atoms with E-state index in [0.29, 0.717) is 6.61 Å². The molecular formula is C16H21BBrNO5. The summed E-state index contributed by atoms with van der Waals surface area (Å²) in [6.07, 6.45) is -1.49. The average Bonchev–Trinajstić information content (AvgIpc) is 2.74. The minimum atomic E-state index is -0.971. The number of carbonyl (C=O) groups is 1. The number of halogens is 1. The normalized spacial score (nSPS) is 22.6. The van der Waals surface area contributed by atoms with Gasteiger partial charge in [0.2, 0.25) is 0 Å². The Morgan fingerprint density at radius 1 is 1.42 bits per heavy atom. The van der Waals surface area contributed by atoms with Gasteiger partial charge in [0, 0.05) is 15.5 Å². The molecule has 24 heavy (non-hydrogen) atoms. The summed E-state index contributed by atoms with van der Waals surface area (Å²) in [5.41, 5.74) is 1.24. The summed E-state index contributed by atoms with van der Waals surface area (Å²) in [5.74, 6) is 0.739. The standard InChI is InChI=1S/C16H21BBrNO5/c1-9-8-22-11-6-5-10(18)13-12(24-17(23-9)14(11)13)7-19(15(20)21)16(2,3)4/h5-6,9,12H,7-8H2,1-4H3,(H,20,21). The number of hydrogen-bond acceptors (Lipinski definition) is 4. The lowest BCUT2D eigenvalue weighted by Gasteiger charge is -2.35. The van der Waals surface area contributed by atoms with Gasteiger partial charge >= 0.3 is 13.2 Å². The lowest BCUT2D eigenvalue weighted by Crippen LogP contribution is -2.47. The monoisotopic (exact) mass is 397 g/mol. The van der Waals surface area contributed by atoms with Gasteiger partial charge in [-0.1, -0.05) is 15.9 Å². The fourth-order valence-corrected chi connectivity index (χ4v) is 3.67. The van der Waals surface area contributed by atoms with Gasteiger partial charge < -0.3 is 24.1 Å².